The van der Waals surface area contributed by atoms with Crippen molar-refractivity contribution >= 4 is 11.8 Å². The van der Waals surface area contributed by atoms with Gasteiger partial charge < -0.3 is 20.9 Å². The lowest BCUT2D eigenvalue weighted by Gasteiger charge is -2.14. The van der Waals surface area contributed by atoms with Crippen molar-refractivity contribution in [2.75, 3.05) is 31.4 Å². The molecule has 0 spiro atoms. The minimum Gasteiger partial charge on any atom is -0.394 e. The maximum atomic E-state index is 8.96. The van der Waals surface area contributed by atoms with E-state index in [1.165, 1.54) is 0 Å². The summed E-state index contributed by atoms with van der Waals surface area (Å²) in [5.41, 5.74) is 5.46. The summed E-state index contributed by atoms with van der Waals surface area (Å²) in [6, 6.07) is 1.37. The molecule has 0 amide bonds. The van der Waals surface area contributed by atoms with Crippen LogP contribution >= 0.6 is 0 Å². The lowest BCUT2D eigenvalue weighted by Crippen LogP contribution is -2.29. The summed E-state index contributed by atoms with van der Waals surface area (Å²) in [7, 11) is 1.56. The number of ether oxygens (including phenoxy) is 1. The average molecular weight is 198 g/mol. The molecule has 1 atom stereocenters. The first-order valence-electron chi connectivity index (χ1n) is 4.21. The maximum Gasteiger partial charge on any atom is 0.224 e. The molecule has 0 radical (unpaired) electrons. The first-order valence-corrected chi connectivity index (χ1v) is 4.21. The molecule has 1 rings (SSSR count). The van der Waals surface area contributed by atoms with E-state index < -0.39 is 0 Å². The molecule has 14 heavy (non-hydrogen) atoms. The smallest absolute Gasteiger partial charge is 0.224 e. The highest BCUT2D eigenvalue weighted by Crippen LogP contribution is 2.03. The summed E-state index contributed by atoms with van der Waals surface area (Å²) in [6.45, 7) is 0.334. The van der Waals surface area contributed by atoms with Crippen molar-refractivity contribution in [1.29, 1.82) is 0 Å². The average Bonchev–Trinajstić information content (AvgIpc) is 2.17. The Labute approximate surface area is 82.1 Å². The Hall–Kier alpha value is -1.40. The number of hydrogen-bond donors (Lipinski definition) is 3. The maximum absolute atomic E-state index is 8.96. The number of aliphatic hydroxyl groups excluding tert-OH is 1. The van der Waals surface area contributed by atoms with Gasteiger partial charge in [0.1, 0.15) is 5.82 Å². The summed E-state index contributed by atoms with van der Waals surface area (Å²) in [6.07, 6.45) is 1.55. The third-order valence-corrected chi connectivity index (χ3v) is 1.60. The molecule has 1 unspecified atom stereocenters. The molecule has 1 aromatic heterocycles. The monoisotopic (exact) mass is 198 g/mol. The second-order valence-corrected chi connectivity index (χ2v) is 2.78. The van der Waals surface area contributed by atoms with Gasteiger partial charge in [-0.05, 0) is 6.07 Å². The van der Waals surface area contributed by atoms with Gasteiger partial charge in [-0.2, -0.15) is 4.98 Å². The SMILES string of the molecule is COCC(CO)Nc1nccc(N)n1. The molecule has 4 N–H and O–H groups in total. The summed E-state index contributed by atoms with van der Waals surface area (Å²) in [5.74, 6) is 0.776. The van der Waals surface area contributed by atoms with Gasteiger partial charge >= 0.3 is 0 Å². The fraction of sp³-hybridized carbons (Fsp3) is 0.500. The lowest BCUT2D eigenvalue weighted by molar-refractivity contribution is 0.153. The molecule has 78 valence electrons. The molecular formula is C8H14N4O2. The van der Waals surface area contributed by atoms with Crippen LogP contribution in [-0.4, -0.2) is 41.4 Å². The van der Waals surface area contributed by atoms with Crippen LogP contribution in [0.4, 0.5) is 11.8 Å². The van der Waals surface area contributed by atoms with E-state index in [1.54, 1.807) is 19.4 Å². The molecule has 0 aliphatic rings. The fourth-order valence-electron chi connectivity index (χ4n) is 0.966. The third-order valence-electron chi connectivity index (χ3n) is 1.60. The number of rotatable bonds is 5. The van der Waals surface area contributed by atoms with Crippen molar-refractivity contribution in [2.24, 2.45) is 0 Å². The van der Waals surface area contributed by atoms with Crippen LogP contribution in [0.3, 0.4) is 0 Å². The molecule has 0 fully saturated rings. The van der Waals surface area contributed by atoms with Gasteiger partial charge in [0.2, 0.25) is 5.95 Å². The Bertz CT molecular complexity index is 282. The minimum absolute atomic E-state index is 0.0496. The Balaban J connectivity index is 2.57. The zero-order chi connectivity index (χ0) is 10.4. The van der Waals surface area contributed by atoms with Crippen molar-refractivity contribution in [1.82, 2.24) is 9.97 Å². The van der Waals surface area contributed by atoms with Gasteiger partial charge in [-0.1, -0.05) is 0 Å². The molecule has 0 aliphatic carbocycles. The number of nitrogen functional groups attached to an aromatic ring is 1. The second kappa shape index (κ2) is 5.36. The van der Waals surface area contributed by atoms with Crippen molar-refractivity contribution in [2.45, 2.75) is 6.04 Å². The van der Waals surface area contributed by atoms with E-state index in [0.29, 0.717) is 18.4 Å². The minimum atomic E-state index is -0.221. The van der Waals surface area contributed by atoms with Gasteiger partial charge in [-0.25, -0.2) is 4.98 Å². The molecule has 0 aromatic carbocycles. The number of anilines is 2. The fourth-order valence-corrected chi connectivity index (χ4v) is 0.966. The van der Waals surface area contributed by atoms with Crippen LogP contribution in [0.2, 0.25) is 0 Å². The number of aliphatic hydroxyl groups is 1. The highest BCUT2D eigenvalue weighted by atomic mass is 16.5. The Kier molecular flexibility index (Phi) is 4.09. The quantitative estimate of drug-likeness (QED) is 0.589. The van der Waals surface area contributed by atoms with Gasteiger partial charge in [0.25, 0.3) is 0 Å². The van der Waals surface area contributed by atoms with Gasteiger partial charge in [0.05, 0.1) is 19.3 Å². The second-order valence-electron chi connectivity index (χ2n) is 2.78. The van der Waals surface area contributed by atoms with Gasteiger partial charge in [-0.15, -0.1) is 0 Å². The lowest BCUT2D eigenvalue weighted by atomic mass is 10.3. The van der Waals surface area contributed by atoms with E-state index in [2.05, 4.69) is 15.3 Å². The summed E-state index contributed by atoms with van der Waals surface area (Å²) >= 11 is 0. The number of aromatic nitrogens is 2. The number of nitrogens with two attached hydrogens (primary N) is 1. The molecule has 0 saturated heterocycles. The van der Waals surface area contributed by atoms with E-state index in [1.807, 2.05) is 0 Å². The Morgan fingerprint density at radius 2 is 2.50 bits per heavy atom. The van der Waals surface area contributed by atoms with Crippen LogP contribution in [0, 0.1) is 0 Å². The first-order chi connectivity index (χ1) is 6.76. The van der Waals surface area contributed by atoms with Crippen LogP contribution in [-0.2, 0) is 4.74 Å². The molecule has 6 heteroatoms. The summed E-state index contributed by atoms with van der Waals surface area (Å²) in [4.78, 5) is 7.87. The first kappa shape index (κ1) is 10.7. The highest BCUT2D eigenvalue weighted by Gasteiger charge is 2.07. The van der Waals surface area contributed by atoms with Gasteiger partial charge in [0, 0.05) is 13.3 Å². The molecule has 0 aliphatic heterocycles. The van der Waals surface area contributed by atoms with Crippen LogP contribution in [0.1, 0.15) is 0 Å². The van der Waals surface area contributed by atoms with Crippen molar-refractivity contribution in [3.05, 3.63) is 12.3 Å². The summed E-state index contributed by atoms with van der Waals surface area (Å²) in [5, 5.41) is 11.9. The number of methoxy groups -OCH3 is 1. The van der Waals surface area contributed by atoms with E-state index in [9.17, 15) is 0 Å². The van der Waals surface area contributed by atoms with Crippen LogP contribution in [0.25, 0.3) is 0 Å². The third kappa shape index (κ3) is 3.15. The molecule has 1 heterocycles. The van der Waals surface area contributed by atoms with Crippen LogP contribution in [0.15, 0.2) is 12.3 Å². The molecule has 0 bridgehead atoms. The molecule has 6 nitrogen and oxygen atoms in total. The summed E-state index contributed by atoms with van der Waals surface area (Å²) < 4.78 is 4.89. The standard InChI is InChI=1S/C8H14N4O2/c1-14-5-6(4-13)11-8-10-3-2-7(9)12-8/h2-3,6,13H,4-5H2,1H3,(H3,9,10,11,12). The Morgan fingerprint density at radius 3 is 3.07 bits per heavy atom. The molecule has 1 aromatic rings. The van der Waals surface area contributed by atoms with E-state index in [4.69, 9.17) is 15.6 Å². The van der Waals surface area contributed by atoms with Gasteiger partial charge in [0.15, 0.2) is 0 Å². The van der Waals surface area contributed by atoms with Gasteiger partial charge in [-0.3, -0.25) is 0 Å². The van der Waals surface area contributed by atoms with Crippen molar-refractivity contribution < 1.29 is 9.84 Å². The topological polar surface area (TPSA) is 93.3 Å². The van der Waals surface area contributed by atoms with Crippen molar-refractivity contribution in [3.63, 3.8) is 0 Å². The highest BCUT2D eigenvalue weighted by molar-refractivity contribution is 5.35. The predicted molar refractivity (Wildman–Crippen MR) is 52.8 cm³/mol. The predicted octanol–water partition coefficient (Wildman–Crippen LogP) is -0.522. The van der Waals surface area contributed by atoms with E-state index in [-0.39, 0.29) is 12.6 Å². The van der Waals surface area contributed by atoms with Crippen molar-refractivity contribution in [3.8, 4) is 0 Å². The number of nitrogens with zero attached hydrogens (tertiary/aromatic N) is 2. The molecule has 0 saturated carbocycles. The van der Waals surface area contributed by atoms with E-state index in [0.717, 1.165) is 0 Å². The molecular weight excluding hydrogens is 184 g/mol. The number of nitrogens with one attached hydrogen (secondary N) is 1. The van der Waals surface area contributed by atoms with Crippen LogP contribution < -0.4 is 11.1 Å². The largest absolute Gasteiger partial charge is 0.394 e. The Morgan fingerprint density at radius 1 is 1.71 bits per heavy atom. The van der Waals surface area contributed by atoms with E-state index >= 15 is 0 Å². The normalized spacial score (nSPS) is 12.4. The zero-order valence-corrected chi connectivity index (χ0v) is 7.97. The zero-order valence-electron chi connectivity index (χ0n) is 7.97. The van der Waals surface area contributed by atoms with Crippen LogP contribution in [0.5, 0.6) is 0 Å². The number of hydrogen-bond acceptors (Lipinski definition) is 6.